The number of hydrogen-bond donors (Lipinski definition) is 1. The monoisotopic (exact) mass is 156 g/mol. The Morgan fingerprint density at radius 3 is 2.40 bits per heavy atom. The summed E-state index contributed by atoms with van der Waals surface area (Å²) < 4.78 is 5.44. The highest BCUT2D eigenvalue weighted by molar-refractivity contribution is 7.80. The van der Waals surface area contributed by atoms with Gasteiger partial charge in [0.15, 0.2) is 0 Å². The third-order valence-corrected chi connectivity index (χ3v) is 1.89. The number of furan rings is 1. The van der Waals surface area contributed by atoms with Gasteiger partial charge < -0.3 is 4.42 Å². The van der Waals surface area contributed by atoms with Gasteiger partial charge in [0.1, 0.15) is 11.5 Å². The van der Waals surface area contributed by atoms with Gasteiger partial charge in [-0.05, 0) is 6.07 Å². The Hall–Kier alpha value is -0.370. The Bertz CT molecular complexity index is 215. The molecule has 0 fully saturated rings. The lowest BCUT2D eigenvalue weighted by Crippen LogP contribution is -1.73. The van der Waals surface area contributed by atoms with Gasteiger partial charge in [0.05, 0.1) is 0 Å². The lowest BCUT2D eigenvalue weighted by molar-refractivity contribution is 0.468. The second-order valence-corrected chi connectivity index (χ2v) is 2.71. The zero-order valence-corrected chi connectivity index (χ0v) is 7.24. The van der Waals surface area contributed by atoms with Crippen LogP contribution in [0.15, 0.2) is 15.4 Å². The molecular weight excluding hydrogens is 144 g/mol. The Morgan fingerprint density at radius 2 is 2.10 bits per heavy atom. The number of aryl methyl sites for hydroxylation is 2. The summed E-state index contributed by atoms with van der Waals surface area (Å²) >= 11 is 4.26. The quantitative estimate of drug-likeness (QED) is 0.650. The minimum absolute atomic E-state index is 0.929. The van der Waals surface area contributed by atoms with Gasteiger partial charge in [-0.25, -0.2) is 0 Å². The Kier molecular flexibility index (Phi) is 2.44. The van der Waals surface area contributed by atoms with Crippen LogP contribution in [-0.4, -0.2) is 0 Å². The van der Waals surface area contributed by atoms with Crippen LogP contribution in [0.3, 0.4) is 0 Å². The van der Waals surface area contributed by atoms with Crippen molar-refractivity contribution in [1.82, 2.24) is 0 Å². The molecule has 1 rings (SSSR count). The maximum Gasteiger partial charge on any atom is 0.117 e. The minimum atomic E-state index is 0.929. The molecule has 0 aliphatic carbocycles. The normalized spacial score (nSPS) is 10.3. The van der Waals surface area contributed by atoms with Crippen molar-refractivity contribution in [3.05, 3.63) is 17.6 Å². The highest BCUT2D eigenvalue weighted by Gasteiger charge is 2.03. The Morgan fingerprint density at radius 1 is 1.40 bits per heavy atom. The van der Waals surface area contributed by atoms with E-state index in [0.717, 1.165) is 29.3 Å². The Labute approximate surface area is 66.8 Å². The molecule has 0 saturated heterocycles. The van der Waals surface area contributed by atoms with Crippen LogP contribution in [0.1, 0.15) is 25.4 Å². The third kappa shape index (κ3) is 1.37. The summed E-state index contributed by atoms with van der Waals surface area (Å²) in [6.07, 6.45) is 1.88. The molecule has 1 heterocycles. The molecule has 0 amide bonds. The second kappa shape index (κ2) is 3.15. The molecule has 0 atom stereocenters. The fraction of sp³-hybridized carbons (Fsp3) is 0.500. The van der Waals surface area contributed by atoms with Gasteiger partial charge in [-0.2, -0.15) is 0 Å². The number of hydrogen-bond acceptors (Lipinski definition) is 2. The van der Waals surface area contributed by atoms with Crippen molar-refractivity contribution in [2.24, 2.45) is 0 Å². The molecule has 0 bridgehead atoms. The van der Waals surface area contributed by atoms with E-state index in [4.69, 9.17) is 4.42 Å². The summed E-state index contributed by atoms with van der Waals surface area (Å²) in [6.45, 7) is 4.14. The summed E-state index contributed by atoms with van der Waals surface area (Å²) in [7, 11) is 0. The summed E-state index contributed by atoms with van der Waals surface area (Å²) in [5, 5.41) is 0. The van der Waals surface area contributed by atoms with Crippen LogP contribution < -0.4 is 0 Å². The van der Waals surface area contributed by atoms with Crippen LogP contribution in [0.25, 0.3) is 0 Å². The van der Waals surface area contributed by atoms with E-state index in [0.29, 0.717) is 0 Å². The summed E-state index contributed by atoms with van der Waals surface area (Å²) in [5.41, 5.74) is 0. The molecule has 0 radical (unpaired) electrons. The molecule has 10 heavy (non-hydrogen) atoms. The van der Waals surface area contributed by atoms with Crippen LogP contribution in [0.5, 0.6) is 0 Å². The van der Waals surface area contributed by atoms with Crippen LogP contribution in [0, 0.1) is 0 Å². The molecule has 0 N–H and O–H groups in total. The SMILES string of the molecule is CCc1cc(S)c(CC)o1. The highest BCUT2D eigenvalue weighted by Crippen LogP contribution is 2.19. The summed E-state index contributed by atoms with van der Waals surface area (Å²) in [5.74, 6) is 2.03. The lowest BCUT2D eigenvalue weighted by atomic mass is 10.3. The van der Waals surface area contributed by atoms with Gasteiger partial charge in [-0.1, -0.05) is 13.8 Å². The van der Waals surface area contributed by atoms with Crippen LogP contribution in [-0.2, 0) is 12.8 Å². The molecule has 0 saturated carbocycles. The predicted molar refractivity (Wildman–Crippen MR) is 44.7 cm³/mol. The number of thiol groups is 1. The van der Waals surface area contributed by atoms with Crippen molar-refractivity contribution in [2.75, 3.05) is 0 Å². The molecule has 0 unspecified atom stereocenters. The fourth-order valence-electron chi connectivity index (χ4n) is 0.900. The zero-order chi connectivity index (χ0) is 7.56. The average Bonchev–Trinajstić information content (AvgIpc) is 2.30. The van der Waals surface area contributed by atoms with E-state index in [1.807, 2.05) is 6.07 Å². The first kappa shape index (κ1) is 7.73. The molecule has 56 valence electrons. The van der Waals surface area contributed by atoms with E-state index in [9.17, 15) is 0 Å². The smallest absolute Gasteiger partial charge is 0.117 e. The molecule has 0 spiro atoms. The number of rotatable bonds is 2. The minimum Gasteiger partial charge on any atom is -0.465 e. The van der Waals surface area contributed by atoms with Crippen LogP contribution >= 0.6 is 12.6 Å². The van der Waals surface area contributed by atoms with Crippen LogP contribution in [0.2, 0.25) is 0 Å². The molecule has 1 nitrogen and oxygen atoms in total. The molecule has 2 heteroatoms. The topological polar surface area (TPSA) is 13.1 Å². The first-order valence-corrected chi connectivity index (χ1v) is 4.03. The van der Waals surface area contributed by atoms with Crippen molar-refractivity contribution >= 4 is 12.6 Å². The second-order valence-electron chi connectivity index (χ2n) is 2.23. The average molecular weight is 156 g/mol. The van der Waals surface area contributed by atoms with E-state index in [-0.39, 0.29) is 0 Å². The zero-order valence-electron chi connectivity index (χ0n) is 6.35. The highest BCUT2D eigenvalue weighted by atomic mass is 32.1. The fourth-order valence-corrected chi connectivity index (χ4v) is 1.25. The first-order chi connectivity index (χ1) is 4.77. The maximum atomic E-state index is 5.44. The summed E-state index contributed by atoms with van der Waals surface area (Å²) in [4.78, 5) is 0.986. The van der Waals surface area contributed by atoms with Crippen LogP contribution in [0.4, 0.5) is 0 Å². The third-order valence-electron chi connectivity index (χ3n) is 1.51. The predicted octanol–water partition coefficient (Wildman–Crippen LogP) is 2.69. The van der Waals surface area contributed by atoms with E-state index < -0.39 is 0 Å². The van der Waals surface area contributed by atoms with Gasteiger partial charge in [-0.15, -0.1) is 12.6 Å². The van der Waals surface area contributed by atoms with E-state index in [2.05, 4.69) is 26.5 Å². The van der Waals surface area contributed by atoms with Crippen molar-refractivity contribution in [2.45, 2.75) is 31.6 Å². The van der Waals surface area contributed by atoms with Crippen molar-refractivity contribution in [1.29, 1.82) is 0 Å². The standard InChI is InChI=1S/C8H12OS/c1-3-6-5-8(10)7(4-2)9-6/h5,10H,3-4H2,1-2H3. The molecule has 0 aliphatic heterocycles. The van der Waals surface area contributed by atoms with Gasteiger partial charge in [-0.3, -0.25) is 0 Å². The molecular formula is C8H12OS. The Balaban J connectivity index is 2.92. The van der Waals surface area contributed by atoms with Gasteiger partial charge in [0.2, 0.25) is 0 Å². The first-order valence-electron chi connectivity index (χ1n) is 3.58. The molecule has 1 aromatic rings. The molecule has 0 aliphatic rings. The van der Waals surface area contributed by atoms with Crippen molar-refractivity contribution in [3.63, 3.8) is 0 Å². The summed E-state index contributed by atoms with van der Waals surface area (Å²) in [6, 6.07) is 1.99. The molecule has 1 aromatic heterocycles. The largest absolute Gasteiger partial charge is 0.465 e. The van der Waals surface area contributed by atoms with E-state index in [1.165, 1.54) is 0 Å². The molecule has 0 aromatic carbocycles. The van der Waals surface area contributed by atoms with E-state index in [1.54, 1.807) is 0 Å². The van der Waals surface area contributed by atoms with Gasteiger partial charge >= 0.3 is 0 Å². The van der Waals surface area contributed by atoms with Crippen molar-refractivity contribution in [3.8, 4) is 0 Å². The lowest BCUT2D eigenvalue weighted by Gasteiger charge is -1.88. The van der Waals surface area contributed by atoms with Gasteiger partial charge in [0.25, 0.3) is 0 Å². The van der Waals surface area contributed by atoms with Gasteiger partial charge in [0, 0.05) is 17.7 Å². The van der Waals surface area contributed by atoms with E-state index >= 15 is 0 Å². The van der Waals surface area contributed by atoms with Crippen molar-refractivity contribution < 1.29 is 4.42 Å². The maximum absolute atomic E-state index is 5.44.